The molecule has 2 heterocycles. The van der Waals surface area contributed by atoms with E-state index in [0.717, 1.165) is 9.75 Å². The third-order valence-electron chi connectivity index (χ3n) is 2.58. The van der Waals surface area contributed by atoms with Crippen LogP contribution < -0.4 is 0 Å². The Bertz CT molecular complexity index is 369. The van der Waals surface area contributed by atoms with Crippen molar-refractivity contribution in [3.8, 4) is 0 Å². The van der Waals surface area contributed by atoms with Gasteiger partial charge < -0.3 is 10.2 Å². The molecule has 15 heavy (non-hydrogen) atoms. The molecule has 0 unspecified atom stereocenters. The summed E-state index contributed by atoms with van der Waals surface area (Å²) >= 11 is 3.09. The molecular formula is C11H12O2S2. The Morgan fingerprint density at radius 2 is 1.53 bits per heavy atom. The second kappa shape index (κ2) is 4.06. The molecule has 0 amide bonds. The van der Waals surface area contributed by atoms with Gasteiger partial charge in [-0.3, -0.25) is 0 Å². The van der Waals surface area contributed by atoms with Gasteiger partial charge in [0.2, 0.25) is 0 Å². The predicted molar refractivity (Wildman–Crippen MR) is 63.3 cm³/mol. The van der Waals surface area contributed by atoms with Gasteiger partial charge in [-0.05, 0) is 29.8 Å². The monoisotopic (exact) mass is 240 g/mol. The van der Waals surface area contributed by atoms with Gasteiger partial charge in [0.05, 0.1) is 5.41 Å². The van der Waals surface area contributed by atoms with Crippen LogP contribution in [-0.2, 0) is 5.41 Å². The van der Waals surface area contributed by atoms with Crippen molar-refractivity contribution in [2.75, 3.05) is 0 Å². The molecule has 0 aliphatic carbocycles. The highest BCUT2D eigenvalue weighted by molar-refractivity contribution is 7.11. The van der Waals surface area contributed by atoms with E-state index in [1.807, 2.05) is 41.9 Å². The van der Waals surface area contributed by atoms with Crippen LogP contribution in [0.3, 0.4) is 0 Å². The van der Waals surface area contributed by atoms with Crippen molar-refractivity contribution in [1.82, 2.24) is 0 Å². The minimum absolute atomic E-state index is 0.706. The van der Waals surface area contributed by atoms with E-state index >= 15 is 0 Å². The van der Waals surface area contributed by atoms with E-state index in [0.29, 0.717) is 0 Å². The number of thiophene rings is 2. The summed E-state index contributed by atoms with van der Waals surface area (Å²) in [7, 11) is 0. The number of aliphatic hydroxyl groups is 2. The minimum Gasteiger partial charge on any atom is -0.367 e. The molecule has 0 saturated carbocycles. The lowest BCUT2D eigenvalue weighted by Crippen LogP contribution is -2.36. The fourth-order valence-corrected chi connectivity index (χ4v) is 3.43. The molecule has 0 aliphatic heterocycles. The maximum absolute atomic E-state index is 9.58. The second-order valence-electron chi connectivity index (χ2n) is 3.53. The Morgan fingerprint density at radius 1 is 1.07 bits per heavy atom. The zero-order chi connectivity index (χ0) is 10.9. The summed E-state index contributed by atoms with van der Waals surface area (Å²) in [5.41, 5.74) is -0.706. The van der Waals surface area contributed by atoms with E-state index in [-0.39, 0.29) is 0 Å². The first-order chi connectivity index (χ1) is 7.15. The Kier molecular flexibility index (Phi) is 2.93. The highest BCUT2D eigenvalue weighted by Crippen LogP contribution is 2.39. The number of hydrogen-bond donors (Lipinski definition) is 2. The zero-order valence-electron chi connectivity index (χ0n) is 8.25. The van der Waals surface area contributed by atoms with E-state index in [4.69, 9.17) is 0 Å². The maximum Gasteiger partial charge on any atom is 0.166 e. The molecule has 80 valence electrons. The van der Waals surface area contributed by atoms with E-state index in [9.17, 15) is 10.2 Å². The fraction of sp³-hybridized carbons (Fsp3) is 0.273. The Balaban J connectivity index is 2.51. The van der Waals surface area contributed by atoms with E-state index in [1.54, 1.807) is 22.7 Å². The predicted octanol–water partition coefficient (Wildman–Crippen LogP) is 2.43. The smallest absolute Gasteiger partial charge is 0.166 e. The van der Waals surface area contributed by atoms with Gasteiger partial charge in [-0.1, -0.05) is 12.1 Å². The molecule has 2 nitrogen and oxygen atoms in total. The van der Waals surface area contributed by atoms with Crippen molar-refractivity contribution in [1.29, 1.82) is 0 Å². The van der Waals surface area contributed by atoms with Crippen LogP contribution in [0.25, 0.3) is 0 Å². The molecule has 0 radical (unpaired) electrons. The van der Waals surface area contributed by atoms with E-state index in [2.05, 4.69) is 0 Å². The summed E-state index contributed by atoms with van der Waals surface area (Å²) in [6, 6.07) is 7.72. The maximum atomic E-state index is 9.58. The first kappa shape index (κ1) is 10.8. The van der Waals surface area contributed by atoms with Gasteiger partial charge in [0.1, 0.15) is 0 Å². The van der Waals surface area contributed by atoms with Crippen LogP contribution >= 0.6 is 22.7 Å². The molecule has 0 saturated heterocycles. The van der Waals surface area contributed by atoms with Gasteiger partial charge >= 0.3 is 0 Å². The van der Waals surface area contributed by atoms with Crippen molar-refractivity contribution >= 4 is 22.7 Å². The molecule has 0 atom stereocenters. The third-order valence-corrected chi connectivity index (χ3v) is 4.80. The summed E-state index contributed by atoms with van der Waals surface area (Å²) in [6.07, 6.45) is -1.38. The topological polar surface area (TPSA) is 40.5 Å². The van der Waals surface area contributed by atoms with Crippen molar-refractivity contribution in [3.63, 3.8) is 0 Å². The minimum atomic E-state index is -1.38. The SMILES string of the molecule is CC(c1cccs1)(c1cccs1)C(O)O. The van der Waals surface area contributed by atoms with Gasteiger partial charge in [-0.15, -0.1) is 22.7 Å². The van der Waals surface area contributed by atoms with Crippen molar-refractivity contribution < 1.29 is 10.2 Å². The van der Waals surface area contributed by atoms with Gasteiger partial charge in [0, 0.05) is 9.75 Å². The molecule has 4 heteroatoms. The first-order valence-corrected chi connectivity index (χ1v) is 6.35. The van der Waals surface area contributed by atoms with Crippen LogP contribution in [0.2, 0.25) is 0 Å². The van der Waals surface area contributed by atoms with E-state index < -0.39 is 11.7 Å². The van der Waals surface area contributed by atoms with Crippen molar-refractivity contribution in [3.05, 3.63) is 44.8 Å². The molecule has 2 rings (SSSR count). The van der Waals surface area contributed by atoms with Crippen LogP contribution in [0.4, 0.5) is 0 Å². The lowest BCUT2D eigenvalue weighted by Gasteiger charge is -2.29. The average molecular weight is 240 g/mol. The first-order valence-electron chi connectivity index (χ1n) is 4.60. The molecule has 0 aliphatic rings. The van der Waals surface area contributed by atoms with Crippen molar-refractivity contribution in [2.45, 2.75) is 18.6 Å². The van der Waals surface area contributed by atoms with E-state index in [1.165, 1.54) is 0 Å². The summed E-state index contributed by atoms with van der Waals surface area (Å²) in [5, 5.41) is 23.1. The average Bonchev–Trinajstić information content (AvgIpc) is 2.89. The normalized spacial score (nSPS) is 12.3. The Hall–Kier alpha value is -0.680. The lowest BCUT2D eigenvalue weighted by atomic mass is 9.86. The van der Waals surface area contributed by atoms with Crippen LogP contribution in [0.1, 0.15) is 16.7 Å². The molecular weight excluding hydrogens is 228 g/mol. The fourth-order valence-electron chi connectivity index (χ4n) is 1.52. The zero-order valence-corrected chi connectivity index (χ0v) is 9.89. The Labute approximate surface area is 96.5 Å². The molecule has 0 aromatic carbocycles. The van der Waals surface area contributed by atoms with Crippen LogP contribution in [-0.4, -0.2) is 16.5 Å². The lowest BCUT2D eigenvalue weighted by molar-refractivity contribution is -0.0800. The van der Waals surface area contributed by atoms with Crippen LogP contribution in [0.5, 0.6) is 0 Å². The summed E-state index contributed by atoms with van der Waals surface area (Å²) in [6.45, 7) is 1.86. The molecule has 0 fully saturated rings. The number of rotatable bonds is 3. The van der Waals surface area contributed by atoms with Gasteiger partial charge in [-0.2, -0.15) is 0 Å². The molecule has 2 aromatic rings. The summed E-state index contributed by atoms with van der Waals surface area (Å²) < 4.78 is 0. The number of aliphatic hydroxyl groups excluding tert-OH is 1. The highest BCUT2D eigenvalue weighted by Gasteiger charge is 2.37. The van der Waals surface area contributed by atoms with Gasteiger partial charge in [-0.25, -0.2) is 0 Å². The third kappa shape index (κ3) is 1.74. The molecule has 0 spiro atoms. The van der Waals surface area contributed by atoms with Gasteiger partial charge in [0.25, 0.3) is 0 Å². The summed E-state index contributed by atoms with van der Waals surface area (Å²) in [4.78, 5) is 1.94. The largest absolute Gasteiger partial charge is 0.367 e. The summed E-state index contributed by atoms with van der Waals surface area (Å²) in [5.74, 6) is 0. The van der Waals surface area contributed by atoms with Crippen molar-refractivity contribution in [2.24, 2.45) is 0 Å². The molecule has 2 N–H and O–H groups in total. The number of hydrogen-bond acceptors (Lipinski definition) is 4. The molecule has 0 bridgehead atoms. The quantitative estimate of drug-likeness (QED) is 0.809. The Morgan fingerprint density at radius 3 is 1.80 bits per heavy atom. The molecule has 2 aromatic heterocycles. The highest BCUT2D eigenvalue weighted by atomic mass is 32.1. The van der Waals surface area contributed by atoms with Crippen LogP contribution in [0.15, 0.2) is 35.0 Å². The second-order valence-corrected chi connectivity index (χ2v) is 5.43. The van der Waals surface area contributed by atoms with Crippen LogP contribution in [0, 0.1) is 0 Å². The van der Waals surface area contributed by atoms with Gasteiger partial charge in [0.15, 0.2) is 6.29 Å². The standard InChI is InChI=1S/C11H12O2S2/c1-11(10(12)13,8-4-2-6-14-8)9-5-3-7-15-9/h2-7,10,12-13H,1H3.